The molecule has 0 fully saturated rings. The molecule has 4 nitrogen and oxygen atoms in total. The van der Waals surface area contributed by atoms with Crippen molar-refractivity contribution < 1.29 is 4.74 Å². The van der Waals surface area contributed by atoms with Gasteiger partial charge in [-0.15, -0.1) is 11.3 Å². The van der Waals surface area contributed by atoms with Gasteiger partial charge in [0, 0.05) is 39.2 Å². The lowest BCUT2D eigenvalue weighted by molar-refractivity contribution is 0.199. The molecule has 0 amide bonds. The molecule has 0 saturated carbocycles. The molecule has 0 aliphatic rings. The Morgan fingerprint density at radius 2 is 2.17 bits per heavy atom. The smallest absolute Gasteiger partial charge is 0.185 e. The van der Waals surface area contributed by atoms with Crippen LogP contribution in [0.1, 0.15) is 26.5 Å². The van der Waals surface area contributed by atoms with Crippen LogP contribution in [-0.4, -0.2) is 38.8 Å². The normalized spacial score (nSPS) is 11.8. The molecule has 18 heavy (non-hydrogen) atoms. The van der Waals surface area contributed by atoms with Crippen molar-refractivity contribution in [2.75, 3.05) is 38.8 Å². The van der Waals surface area contributed by atoms with Gasteiger partial charge in [0.25, 0.3) is 0 Å². The lowest BCUT2D eigenvalue weighted by atomic mass is 9.96. The van der Waals surface area contributed by atoms with Gasteiger partial charge in [0.15, 0.2) is 5.13 Å². The van der Waals surface area contributed by atoms with Crippen LogP contribution in [0.3, 0.4) is 0 Å². The summed E-state index contributed by atoms with van der Waals surface area (Å²) in [6.07, 6.45) is 0. The zero-order valence-electron chi connectivity index (χ0n) is 12.1. The number of thiazole rings is 1. The molecule has 0 aliphatic carbocycles. The van der Waals surface area contributed by atoms with E-state index in [-0.39, 0.29) is 5.41 Å². The Bertz CT molecular complexity index is 346. The van der Waals surface area contributed by atoms with E-state index >= 15 is 0 Å². The summed E-state index contributed by atoms with van der Waals surface area (Å²) in [5, 5.41) is 6.51. The second-order valence-electron chi connectivity index (χ2n) is 5.71. The second-order valence-corrected chi connectivity index (χ2v) is 6.54. The Kier molecular flexibility index (Phi) is 6.05. The first kappa shape index (κ1) is 15.4. The van der Waals surface area contributed by atoms with Gasteiger partial charge in [-0.05, 0) is 5.41 Å². The van der Waals surface area contributed by atoms with Crippen LogP contribution in [0, 0.1) is 5.41 Å². The molecule has 0 aliphatic heterocycles. The van der Waals surface area contributed by atoms with Crippen LogP contribution in [0.25, 0.3) is 0 Å². The predicted octanol–water partition coefficient (Wildman–Crippen LogP) is 2.36. The van der Waals surface area contributed by atoms with Crippen molar-refractivity contribution in [3.8, 4) is 0 Å². The molecule has 1 N–H and O–H groups in total. The van der Waals surface area contributed by atoms with Crippen molar-refractivity contribution in [3.63, 3.8) is 0 Å². The highest BCUT2D eigenvalue weighted by molar-refractivity contribution is 7.13. The summed E-state index contributed by atoms with van der Waals surface area (Å²) < 4.78 is 4.99. The summed E-state index contributed by atoms with van der Waals surface area (Å²) in [4.78, 5) is 6.86. The fourth-order valence-corrected chi connectivity index (χ4v) is 2.51. The Morgan fingerprint density at radius 1 is 1.44 bits per heavy atom. The highest BCUT2D eigenvalue weighted by Gasteiger charge is 2.15. The number of hydrogen-bond acceptors (Lipinski definition) is 5. The standard InChI is InChI=1S/C13H25N3OS/c1-13(2,3)10-16(4)12-15-11(9-18-12)8-14-6-7-17-5/h9,14H,6-8,10H2,1-5H3. The third-order valence-electron chi connectivity index (χ3n) is 2.37. The highest BCUT2D eigenvalue weighted by Crippen LogP contribution is 2.23. The molecule has 0 spiro atoms. The summed E-state index contributed by atoms with van der Waals surface area (Å²) in [5.74, 6) is 0. The van der Waals surface area contributed by atoms with Crippen molar-refractivity contribution >= 4 is 16.5 Å². The first-order valence-corrected chi connectivity index (χ1v) is 7.15. The Morgan fingerprint density at radius 3 is 2.78 bits per heavy atom. The van der Waals surface area contributed by atoms with E-state index in [0.29, 0.717) is 0 Å². The van der Waals surface area contributed by atoms with Crippen LogP contribution < -0.4 is 10.2 Å². The molecular formula is C13H25N3OS. The zero-order valence-corrected chi connectivity index (χ0v) is 12.9. The second kappa shape index (κ2) is 7.07. The van der Waals surface area contributed by atoms with Gasteiger partial charge in [0.05, 0.1) is 12.3 Å². The summed E-state index contributed by atoms with van der Waals surface area (Å²) in [6, 6.07) is 0. The van der Waals surface area contributed by atoms with Gasteiger partial charge in [0.1, 0.15) is 0 Å². The zero-order chi connectivity index (χ0) is 13.6. The molecule has 0 unspecified atom stereocenters. The molecule has 1 rings (SSSR count). The third-order valence-corrected chi connectivity index (χ3v) is 3.37. The molecule has 0 bridgehead atoms. The molecule has 1 aromatic rings. The van der Waals surface area contributed by atoms with Gasteiger partial charge in [-0.2, -0.15) is 0 Å². The van der Waals surface area contributed by atoms with Crippen molar-refractivity contribution in [2.45, 2.75) is 27.3 Å². The number of hydrogen-bond donors (Lipinski definition) is 1. The topological polar surface area (TPSA) is 37.4 Å². The number of rotatable bonds is 7. The number of nitrogens with zero attached hydrogens (tertiary/aromatic N) is 2. The van der Waals surface area contributed by atoms with Gasteiger partial charge in [-0.3, -0.25) is 0 Å². The molecular weight excluding hydrogens is 246 g/mol. The van der Waals surface area contributed by atoms with Crippen LogP contribution in [0.4, 0.5) is 5.13 Å². The summed E-state index contributed by atoms with van der Waals surface area (Å²) in [6.45, 7) is 10.1. The molecule has 1 aromatic heterocycles. The Hall–Kier alpha value is -0.650. The largest absolute Gasteiger partial charge is 0.383 e. The SMILES string of the molecule is COCCNCc1csc(N(C)CC(C)(C)C)n1. The van der Waals surface area contributed by atoms with Crippen molar-refractivity contribution in [1.29, 1.82) is 0 Å². The van der Waals surface area contributed by atoms with E-state index in [1.807, 2.05) is 0 Å². The predicted molar refractivity (Wildman–Crippen MR) is 78.4 cm³/mol. The molecule has 104 valence electrons. The number of anilines is 1. The number of methoxy groups -OCH3 is 1. The van der Waals surface area contributed by atoms with Crippen LogP contribution in [0.2, 0.25) is 0 Å². The van der Waals surface area contributed by atoms with Gasteiger partial charge < -0.3 is 15.0 Å². The molecule has 0 saturated heterocycles. The maximum Gasteiger partial charge on any atom is 0.185 e. The van der Waals surface area contributed by atoms with E-state index < -0.39 is 0 Å². The third kappa shape index (κ3) is 5.80. The van der Waals surface area contributed by atoms with E-state index in [1.165, 1.54) is 0 Å². The summed E-state index contributed by atoms with van der Waals surface area (Å²) in [5.41, 5.74) is 1.39. The van der Waals surface area contributed by atoms with Crippen LogP contribution in [-0.2, 0) is 11.3 Å². The van der Waals surface area contributed by atoms with Crippen LogP contribution >= 0.6 is 11.3 Å². The van der Waals surface area contributed by atoms with E-state index in [0.717, 1.165) is 37.1 Å². The monoisotopic (exact) mass is 271 g/mol. The van der Waals surface area contributed by atoms with E-state index in [2.05, 4.69) is 48.4 Å². The lowest BCUT2D eigenvalue weighted by Gasteiger charge is -2.26. The highest BCUT2D eigenvalue weighted by atomic mass is 32.1. The average molecular weight is 271 g/mol. The Labute approximate surface area is 114 Å². The number of aromatic nitrogens is 1. The van der Waals surface area contributed by atoms with Gasteiger partial charge in [-0.25, -0.2) is 4.98 Å². The Balaban J connectivity index is 2.42. The molecule has 0 aromatic carbocycles. The van der Waals surface area contributed by atoms with Gasteiger partial charge in [-0.1, -0.05) is 20.8 Å². The summed E-state index contributed by atoms with van der Waals surface area (Å²) in [7, 11) is 3.82. The molecule has 0 atom stereocenters. The van der Waals surface area contributed by atoms with Crippen molar-refractivity contribution in [2.24, 2.45) is 5.41 Å². The maximum absolute atomic E-state index is 4.99. The minimum absolute atomic E-state index is 0.289. The fraction of sp³-hybridized carbons (Fsp3) is 0.769. The lowest BCUT2D eigenvalue weighted by Crippen LogP contribution is -2.29. The minimum Gasteiger partial charge on any atom is -0.383 e. The first-order chi connectivity index (χ1) is 8.42. The molecule has 1 heterocycles. The molecule has 0 radical (unpaired) electrons. The maximum atomic E-state index is 4.99. The van der Waals surface area contributed by atoms with Crippen LogP contribution in [0.5, 0.6) is 0 Å². The summed E-state index contributed by atoms with van der Waals surface area (Å²) >= 11 is 1.71. The van der Waals surface area contributed by atoms with Crippen molar-refractivity contribution in [1.82, 2.24) is 10.3 Å². The quantitative estimate of drug-likeness (QED) is 0.773. The first-order valence-electron chi connectivity index (χ1n) is 6.27. The molecule has 5 heteroatoms. The minimum atomic E-state index is 0.289. The van der Waals surface area contributed by atoms with E-state index in [9.17, 15) is 0 Å². The van der Waals surface area contributed by atoms with E-state index in [1.54, 1.807) is 18.4 Å². The number of ether oxygens (including phenoxy) is 1. The van der Waals surface area contributed by atoms with E-state index in [4.69, 9.17) is 4.74 Å². The van der Waals surface area contributed by atoms with Crippen LogP contribution in [0.15, 0.2) is 5.38 Å². The average Bonchev–Trinajstić information content (AvgIpc) is 2.71. The van der Waals surface area contributed by atoms with Gasteiger partial charge in [0.2, 0.25) is 0 Å². The van der Waals surface area contributed by atoms with Crippen molar-refractivity contribution in [3.05, 3.63) is 11.1 Å². The van der Waals surface area contributed by atoms with Gasteiger partial charge >= 0.3 is 0 Å². The number of nitrogens with one attached hydrogen (secondary N) is 1. The fourth-order valence-electron chi connectivity index (χ4n) is 1.72.